The Balaban J connectivity index is 1.68. The van der Waals surface area contributed by atoms with Crippen molar-refractivity contribution in [2.24, 2.45) is 0 Å². The summed E-state index contributed by atoms with van der Waals surface area (Å²) in [6.07, 6.45) is 5.40. The Morgan fingerprint density at radius 1 is 1.22 bits per heavy atom. The van der Waals surface area contributed by atoms with E-state index in [4.69, 9.17) is 16.3 Å². The average Bonchev–Trinajstić information content (AvgIpc) is 2.70. The maximum atomic E-state index is 6.06. The molecule has 1 heterocycles. The summed E-state index contributed by atoms with van der Waals surface area (Å²) in [5.41, 5.74) is 3.73. The molecule has 2 aromatic carbocycles. The number of likely N-dealkylation sites (N-methyl/N-ethyl adjacent to an activating group) is 1. The fourth-order valence-electron chi connectivity index (χ4n) is 3.05. The molecule has 0 N–H and O–H groups in total. The van der Waals surface area contributed by atoms with Crippen LogP contribution in [-0.4, -0.2) is 25.1 Å². The van der Waals surface area contributed by atoms with Crippen molar-refractivity contribution < 1.29 is 4.74 Å². The number of ether oxygens (including phenoxy) is 1. The van der Waals surface area contributed by atoms with Crippen LogP contribution in [0.3, 0.4) is 0 Å². The topological polar surface area (TPSA) is 12.5 Å². The molecular formula is C20H22ClNO. The zero-order valence-corrected chi connectivity index (χ0v) is 14.4. The molecule has 0 amide bonds. The number of rotatable bonds is 4. The normalized spacial score (nSPS) is 17.6. The number of hydrogen-bond donors (Lipinski definition) is 0. The van der Waals surface area contributed by atoms with Crippen molar-refractivity contribution in [2.75, 3.05) is 20.2 Å². The van der Waals surface area contributed by atoms with E-state index in [1.165, 1.54) is 11.1 Å². The highest BCUT2D eigenvalue weighted by molar-refractivity contribution is 6.31. The van der Waals surface area contributed by atoms with Crippen LogP contribution in [0.5, 0.6) is 5.75 Å². The van der Waals surface area contributed by atoms with Gasteiger partial charge in [-0.05, 0) is 48.9 Å². The Bertz CT molecular complexity index is 711. The monoisotopic (exact) mass is 327 g/mol. The Labute approximate surface area is 143 Å². The smallest absolute Gasteiger partial charge is 0.119 e. The van der Waals surface area contributed by atoms with Crippen LogP contribution in [0.15, 0.2) is 48.5 Å². The van der Waals surface area contributed by atoms with Crippen molar-refractivity contribution >= 4 is 17.7 Å². The fourth-order valence-corrected chi connectivity index (χ4v) is 3.17. The van der Waals surface area contributed by atoms with Crippen molar-refractivity contribution in [3.8, 4) is 5.75 Å². The molecule has 2 nitrogen and oxygen atoms in total. The predicted molar refractivity (Wildman–Crippen MR) is 97.1 cm³/mol. The van der Waals surface area contributed by atoms with Crippen LogP contribution in [-0.2, 0) is 0 Å². The number of halogens is 1. The summed E-state index contributed by atoms with van der Waals surface area (Å²) in [6, 6.07) is 14.8. The Morgan fingerprint density at radius 2 is 2.04 bits per heavy atom. The van der Waals surface area contributed by atoms with Gasteiger partial charge in [0.05, 0.1) is 6.61 Å². The molecule has 0 fully saturated rings. The van der Waals surface area contributed by atoms with Crippen molar-refractivity contribution in [2.45, 2.75) is 19.4 Å². The average molecular weight is 328 g/mol. The summed E-state index contributed by atoms with van der Waals surface area (Å²) >= 11 is 6.06. The minimum Gasteiger partial charge on any atom is -0.494 e. The number of nitrogens with zero attached hydrogens (tertiary/aromatic N) is 1. The summed E-state index contributed by atoms with van der Waals surface area (Å²) in [5.74, 6) is 0.884. The van der Waals surface area contributed by atoms with Crippen LogP contribution in [0, 0.1) is 6.92 Å². The third-order valence-corrected chi connectivity index (χ3v) is 4.79. The van der Waals surface area contributed by atoms with E-state index < -0.39 is 0 Å². The first-order chi connectivity index (χ1) is 11.1. The molecular weight excluding hydrogens is 306 g/mol. The molecule has 3 rings (SSSR count). The van der Waals surface area contributed by atoms with Gasteiger partial charge in [-0.15, -0.1) is 0 Å². The lowest BCUT2D eigenvalue weighted by atomic mass is 9.98. The van der Waals surface area contributed by atoms with Crippen LogP contribution in [0.1, 0.15) is 29.2 Å². The quantitative estimate of drug-likeness (QED) is 0.773. The van der Waals surface area contributed by atoms with Gasteiger partial charge in [0.1, 0.15) is 5.75 Å². The lowest BCUT2D eigenvalue weighted by Crippen LogP contribution is -2.25. The number of aryl methyl sites for hydroxylation is 1. The highest BCUT2D eigenvalue weighted by Crippen LogP contribution is 2.30. The second kappa shape index (κ2) is 7.20. The van der Waals surface area contributed by atoms with Crippen LogP contribution < -0.4 is 4.74 Å². The molecule has 0 saturated heterocycles. The second-order valence-corrected chi connectivity index (χ2v) is 6.44. The lowest BCUT2D eigenvalue weighted by Gasteiger charge is -2.27. The van der Waals surface area contributed by atoms with E-state index in [9.17, 15) is 0 Å². The fraction of sp³-hybridized carbons (Fsp3) is 0.300. The van der Waals surface area contributed by atoms with Gasteiger partial charge in [-0.3, -0.25) is 4.90 Å². The molecule has 3 heteroatoms. The molecule has 23 heavy (non-hydrogen) atoms. The molecule has 0 aliphatic carbocycles. The first-order valence-electron chi connectivity index (χ1n) is 8.00. The third kappa shape index (κ3) is 3.77. The molecule has 1 aliphatic rings. The van der Waals surface area contributed by atoms with Gasteiger partial charge >= 0.3 is 0 Å². The van der Waals surface area contributed by atoms with Gasteiger partial charge in [0, 0.05) is 24.0 Å². The summed E-state index contributed by atoms with van der Waals surface area (Å²) < 4.78 is 5.94. The standard InChI is InChI=1S/C20H22ClNO/c1-15-14-17(9-10-19(15)21)23-13-11-20-18-8-4-3-6-16(18)7-5-12-22(20)2/h3-10,14,20H,11-13H2,1-2H3. The van der Waals surface area contributed by atoms with Gasteiger partial charge in [0.15, 0.2) is 0 Å². The lowest BCUT2D eigenvalue weighted by molar-refractivity contribution is 0.210. The summed E-state index contributed by atoms with van der Waals surface area (Å²) in [6.45, 7) is 3.64. The minimum atomic E-state index is 0.370. The van der Waals surface area contributed by atoms with Crippen molar-refractivity contribution in [3.63, 3.8) is 0 Å². The molecule has 0 saturated carbocycles. The van der Waals surface area contributed by atoms with Gasteiger partial charge in [-0.2, -0.15) is 0 Å². The molecule has 1 unspecified atom stereocenters. The summed E-state index contributed by atoms with van der Waals surface area (Å²) in [4.78, 5) is 2.37. The molecule has 0 aromatic heterocycles. The van der Waals surface area contributed by atoms with Gasteiger partial charge in [0.2, 0.25) is 0 Å². The van der Waals surface area contributed by atoms with Crippen molar-refractivity contribution in [3.05, 3.63) is 70.3 Å². The largest absolute Gasteiger partial charge is 0.494 e. The predicted octanol–water partition coefficient (Wildman–Crippen LogP) is 5.12. The highest BCUT2D eigenvalue weighted by atomic mass is 35.5. The van der Waals surface area contributed by atoms with E-state index in [0.717, 1.165) is 29.3 Å². The van der Waals surface area contributed by atoms with Crippen LogP contribution in [0.2, 0.25) is 5.02 Å². The van der Waals surface area contributed by atoms with Crippen molar-refractivity contribution in [1.82, 2.24) is 4.90 Å². The minimum absolute atomic E-state index is 0.370. The maximum Gasteiger partial charge on any atom is 0.119 e. The SMILES string of the molecule is Cc1cc(OCCC2c3ccccc3C=CCN2C)ccc1Cl. The Kier molecular flexibility index (Phi) is 5.04. The van der Waals surface area contributed by atoms with Crippen LogP contribution in [0.25, 0.3) is 6.08 Å². The van der Waals surface area contributed by atoms with Crippen molar-refractivity contribution in [1.29, 1.82) is 0 Å². The van der Waals surface area contributed by atoms with Gasteiger partial charge in [-0.1, -0.05) is 48.0 Å². The molecule has 0 radical (unpaired) electrons. The van der Waals surface area contributed by atoms with Gasteiger partial charge in [-0.25, -0.2) is 0 Å². The highest BCUT2D eigenvalue weighted by Gasteiger charge is 2.20. The molecule has 120 valence electrons. The molecule has 2 aromatic rings. The first kappa shape index (κ1) is 16.1. The first-order valence-corrected chi connectivity index (χ1v) is 8.37. The van der Waals surface area contributed by atoms with E-state index >= 15 is 0 Å². The molecule has 0 bridgehead atoms. The van der Waals surface area contributed by atoms with E-state index in [1.807, 2.05) is 25.1 Å². The molecule has 0 spiro atoms. The van der Waals surface area contributed by atoms with Gasteiger partial charge in [0.25, 0.3) is 0 Å². The van der Waals surface area contributed by atoms with E-state index in [2.05, 4.69) is 48.4 Å². The number of benzene rings is 2. The Hall–Kier alpha value is -1.77. The molecule has 1 aliphatic heterocycles. The zero-order valence-electron chi connectivity index (χ0n) is 13.6. The van der Waals surface area contributed by atoms with Crippen LogP contribution >= 0.6 is 11.6 Å². The second-order valence-electron chi connectivity index (χ2n) is 6.03. The number of hydrogen-bond acceptors (Lipinski definition) is 2. The maximum absolute atomic E-state index is 6.06. The third-order valence-electron chi connectivity index (χ3n) is 4.37. The number of fused-ring (bicyclic) bond motifs is 1. The Morgan fingerprint density at radius 3 is 2.87 bits per heavy atom. The molecule has 1 atom stereocenters. The van der Waals surface area contributed by atoms with Gasteiger partial charge < -0.3 is 4.74 Å². The van der Waals surface area contributed by atoms with E-state index in [1.54, 1.807) is 0 Å². The summed E-state index contributed by atoms with van der Waals surface area (Å²) in [5, 5.41) is 0.779. The summed E-state index contributed by atoms with van der Waals surface area (Å²) in [7, 11) is 2.17. The van der Waals surface area contributed by atoms with E-state index in [0.29, 0.717) is 12.6 Å². The zero-order chi connectivity index (χ0) is 16.2. The van der Waals surface area contributed by atoms with E-state index in [-0.39, 0.29) is 0 Å². The van der Waals surface area contributed by atoms with Crippen LogP contribution in [0.4, 0.5) is 0 Å².